The number of phenolic OH excluding ortho intramolecular Hbond substituents is 1. The van der Waals surface area contributed by atoms with Crippen molar-refractivity contribution in [3.63, 3.8) is 0 Å². The Kier molecular flexibility index (Phi) is 6.52. The zero-order chi connectivity index (χ0) is 17.8. The van der Waals surface area contributed by atoms with Gasteiger partial charge in [-0.25, -0.2) is 0 Å². The molecule has 0 unspecified atom stereocenters. The molecule has 0 saturated heterocycles. The van der Waals surface area contributed by atoms with Crippen LogP contribution < -0.4 is 0 Å². The van der Waals surface area contributed by atoms with E-state index < -0.39 is 0 Å². The second kappa shape index (κ2) is 7.57. The van der Waals surface area contributed by atoms with Crippen molar-refractivity contribution >= 4 is 17.6 Å². The van der Waals surface area contributed by atoms with Gasteiger partial charge in [0.1, 0.15) is 12.4 Å². The van der Waals surface area contributed by atoms with Crippen LogP contribution in [0, 0.1) is 0 Å². The van der Waals surface area contributed by atoms with Gasteiger partial charge >= 0.3 is 5.97 Å². The van der Waals surface area contributed by atoms with E-state index in [0.29, 0.717) is 24.5 Å². The van der Waals surface area contributed by atoms with Crippen molar-refractivity contribution in [3.05, 3.63) is 28.8 Å². The molecule has 0 spiro atoms. The van der Waals surface area contributed by atoms with E-state index >= 15 is 0 Å². The Morgan fingerprint density at radius 1 is 1.09 bits per heavy atom. The first-order chi connectivity index (χ1) is 10.5. The van der Waals surface area contributed by atoms with Crippen LogP contribution in [0.5, 0.6) is 5.75 Å². The highest BCUT2D eigenvalue weighted by Crippen LogP contribution is 2.39. The van der Waals surface area contributed by atoms with E-state index in [9.17, 15) is 9.90 Å². The maximum Gasteiger partial charge on any atom is 0.306 e. The van der Waals surface area contributed by atoms with E-state index in [2.05, 4.69) is 41.5 Å². The van der Waals surface area contributed by atoms with Gasteiger partial charge in [0.05, 0.1) is 5.88 Å². The molecule has 0 bridgehead atoms. The monoisotopic (exact) mass is 340 g/mol. The van der Waals surface area contributed by atoms with Crippen LogP contribution in [0.1, 0.15) is 64.7 Å². The van der Waals surface area contributed by atoms with Crippen LogP contribution in [0.3, 0.4) is 0 Å². The SMILES string of the molecule is CC(C)(C)c1cc(CCC(=O)OCCCl)cc(C(C)(C)C)c1O. The standard InChI is InChI=1S/C19H29ClO3/c1-18(2,3)14-11-13(7-8-16(21)23-10-9-20)12-15(17(14)22)19(4,5)6/h11-12,22H,7-10H2,1-6H3. The summed E-state index contributed by atoms with van der Waals surface area (Å²) in [6.07, 6.45) is 0.905. The first-order valence-electron chi connectivity index (χ1n) is 8.05. The maximum atomic E-state index is 11.7. The first kappa shape index (κ1) is 19.8. The van der Waals surface area contributed by atoms with Gasteiger partial charge in [0, 0.05) is 6.42 Å². The summed E-state index contributed by atoms with van der Waals surface area (Å²) < 4.78 is 5.01. The molecule has 0 amide bonds. The van der Waals surface area contributed by atoms with Gasteiger partial charge < -0.3 is 9.84 Å². The van der Waals surface area contributed by atoms with Gasteiger partial charge in [-0.1, -0.05) is 53.7 Å². The molecule has 0 saturated carbocycles. The third-order valence-electron chi connectivity index (χ3n) is 3.74. The van der Waals surface area contributed by atoms with E-state index in [-0.39, 0.29) is 23.4 Å². The van der Waals surface area contributed by atoms with E-state index in [1.165, 1.54) is 0 Å². The van der Waals surface area contributed by atoms with E-state index in [1.54, 1.807) is 0 Å². The number of benzene rings is 1. The highest BCUT2D eigenvalue weighted by molar-refractivity contribution is 6.18. The highest BCUT2D eigenvalue weighted by Gasteiger charge is 2.26. The van der Waals surface area contributed by atoms with Gasteiger partial charge in [-0.3, -0.25) is 4.79 Å². The summed E-state index contributed by atoms with van der Waals surface area (Å²) in [6.45, 7) is 12.7. The number of carbonyl (C=O) groups excluding carboxylic acids is 1. The van der Waals surface area contributed by atoms with Gasteiger partial charge in [0.15, 0.2) is 0 Å². The fourth-order valence-electron chi connectivity index (χ4n) is 2.45. The molecule has 0 radical (unpaired) electrons. The molecule has 0 heterocycles. The van der Waals surface area contributed by atoms with Crippen molar-refractivity contribution in [2.75, 3.05) is 12.5 Å². The normalized spacial score (nSPS) is 12.3. The summed E-state index contributed by atoms with van der Waals surface area (Å²) in [5, 5.41) is 10.7. The van der Waals surface area contributed by atoms with Crippen molar-refractivity contribution in [1.29, 1.82) is 0 Å². The molecule has 0 atom stereocenters. The Morgan fingerprint density at radius 3 is 1.96 bits per heavy atom. The third-order valence-corrected chi connectivity index (χ3v) is 3.90. The summed E-state index contributed by atoms with van der Waals surface area (Å²) in [4.78, 5) is 11.7. The molecule has 0 aliphatic rings. The molecule has 1 aromatic carbocycles. The zero-order valence-electron chi connectivity index (χ0n) is 15.1. The van der Waals surface area contributed by atoms with E-state index in [4.69, 9.17) is 16.3 Å². The Bertz CT molecular complexity index is 516. The average molecular weight is 341 g/mol. The van der Waals surface area contributed by atoms with Crippen LogP contribution >= 0.6 is 11.6 Å². The summed E-state index contributed by atoms with van der Waals surface area (Å²) in [7, 11) is 0. The van der Waals surface area contributed by atoms with E-state index in [0.717, 1.165) is 16.7 Å². The molecular weight excluding hydrogens is 312 g/mol. The van der Waals surface area contributed by atoms with Crippen molar-refractivity contribution in [3.8, 4) is 5.75 Å². The first-order valence-corrected chi connectivity index (χ1v) is 8.58. The molecule has 1 rings (SSSR count). The van der Waals surface area contributed by atoms with Gasteiger partial charge in [-0.15, -0.1) is 11.6 Å². The molecular formula is C19H29ClO3. The van der Waals surface area contributed by atoms with Crippen molar-refractivity contribution < 1.29 is 14.6 Å². The smallest absolute Gasteiger partial charge is 0.306 e. The number of carbonyl (C=O) groups is 1. The van der Waals surface area contributed by atoms with Gasteiger partial charge in [0.25, 0.3) is 0 Å². The van der Waals surface area contributed by atoms with Crippen molar-refractivity contribution in [1.82, 2.24) is 0 Å². The van der Waals surface area contributed by atoms with Gasteiger partial charge in [-0.05, 0) is 33.9 Å². The quantitative estimate of drug-likeness (QED) is 0.624. The molecule has 0 fully saturated rings. The topological polar surface area (TPSA) is 46.5 Å². The minimum atomic E-state index is -0.242. The predicted octanol–water partition coefficient (Wildman–Crippen LogP) is 4.70. The largest absolute Gasteiger partial charge is 0.507 e. The van der Waals surface area contributed by atoms with Crippen LogP contribution in [0.4, 0.5) is 0 Å². The lowest BCUT2D eigenvalue weighted by Gasteiger charge is -2.28. The Hall–Kier alpha value is -1.22. The number of esters is 1. The highest BCUT2D eigenvalue weighted by atomic mass is 35.5. The van der Waals surface area contributed by atoms with Crippen LogP contribution in [0.2, 0.25) is 0 Å². The number of alkyl halides is 1. The number of hydrogen-bond donors (Lipinski definition) is 1. The van der Waals surface area contributed by atoms with Crippen LogP contribution in [0.25, 0.3) is 0 Å². The lowest BCUT2D eigenvalue weighted by molar-refractivity contribution is -0.142. The van der Waals surface area contributed by atoms with Gasteiger partial charge in [-0.2, -0.15) is 0 Å². The van der Waals surface area contributed by atoms with Crippen LogP contribution in [-0.4, -0.2) is 23.6 Å². The fraction of sp³-hybridized carbons (Fsp3) is 0.632. The van der Waals surface area contributed by atoms with Gasteiger partial charge in [0.2, 0.25) is 0 Å². The maximum absolute atomic E-state index is 11.7. The van der Waals surface area contributed by atoms with Crippen molar-refractivity contribution in [2.45, 2.75) is 65.2 Å². The molecule has 4 heteroatoms. The summed E-state index contributed by atoms with van der Waals surface area (Å²) >= 11 is 5.52. The number of ether oxygens (including phenoxy) is 1. The Morgan fingerprint density at radius 2 is 1.57 bits per heavy atom. The molecule has 130 valence electrons. The summed E-state index contributed by atoms with van der Waals surface area (Å²) in [5.74, 6) is 0.430. The Balaban J connectivity index is 3.11. The summed E-state index contributed by atoms with van der Waals surface area (Å²) in [6, 6.07) is 4.00. The molecule has 23 heavy (non-hydrogen) atoms. The molecule has 0 aliphatic carbocycles. The number of hydrogen-bond acceptors (Lipinski definition) is 3. The molecule has 0 aliphatic heterocycles. The number of halogens is 1. The third kappa shape index (κ3) is 5.72. The second-order valence-electron chi connectivity index (χ2n) is 7.95. The molecule has 0 aromatic heterocycles. The number of phenols is 1. The molecule has 1 N–H and O–H groups in total. The molecule has 3 nitrogen and oxygen atoms in total. The van der Waals surface area contributed by atoms with Crippen LogP contribution in [0.15, 0.2) is 12.1 Å². The van der Waals surface area contributed by atoms with Crippen LogP contribution in [-0.2, 0) is 26.8 Å². The minimum absolute atomic E-state index is 0.167. The van der Waals surface area contributed by atoms with Crippen molar-refractivity contribution in [2.24, 2.45) is 0 Å². The minimum Gasteiger partial charge on any atom is -0.507 e. The predicted molar refractivity (Wildman–Crippen MR) is 95.5 cm³/mol. The lowest BCUT2D eigenvalue weighted by Crippen LogP contribution is -2.18. The number of aryl methyl sites for hydroxylation is 1. The lowest BCUT2D eigenvalue weighted by atomic mass is 9.78. The second-order valence-corrected chi connectivity index (χ2v) is 8.33. The van der Waals surface area contributed by atoms with E-state index in [1.807, 2.05) is 12.1 Å². The zero-order valence-corrected chi connectivity index (χ0v) is 15.9. The average Bonchev–Trinajstić information content (AvgIpc) is 2.41. The summed E-state index contributed by atoms with van der Waals surface area (Å²) in [5.41, 5.74) is 2.53. The number of rotatable bonds is 5. The fourth-order valence-corrected chi connectivity index (χ4v) is 2.53. The Labute approximate surface area is 145 Å². The number of aromatic hydroxyl groups is 1. The molecule has 1 aromatic rings.